The predicted molar refractivity (Wildman–Crippen MR) is 95.5 cm³/mol. The standard InChI is InChI=1S/C18H19N5O3/c1-4-26-18(25)15-11(2)16(21-12(15)3)17(24)22-13-7-5-6-8-14(13)23-10-19-9-20-23/h5-10,21H,4H2,1-3H3,(H,22,24). The summed E-state index contributed by atoms with van der Waals surface area (Å²) in [5.74, 6) is -0.797. The van der Waals surface area contributed by atoms with E-state index in [0.29, 0.717) is 33.9 Å². The fourth-order valence-electron chi connectivity index (χ4n) is 2.78. The maximum absolute atomic E-state index is 12.8. The van der Waals surface area contributed by atoms with Crippen molar-refractivity contribution in [2.45, 2.75) is 20.8 Å². The highest BCUT2D eigenvalue weighted by Crippen LogP contribution is 2.23. The number of aromatic nitrogens is 4. The van der Waals surface area contributed by atoms with Crippen LogP contribution in [-0.2, 0) is 4.74 Å². The maximum Gasteiger partial charge on any atom is 0.340 e. The Kier molecular flexibility index (Phi) is 4.83. The molecule has 2 aromatic heterocycles. The Hall–Kier alpha value is -3.42. The molecule has 3 aromatic rings. The summed E-state index contributed by atoms with van der Waals surface area (Å²) in [5, 5.41) is 6.95. The molecule has 26 heavy (non-hydrogen) atoms. The van der Waals surface area contributed by atoms with Crippen LogP contribution in [0.1, 0.15) is 39.0 Å². The van der Waals surface area contributed by atoms with Gasteiger partial charge in [-0.1, -0.05) is 12.1 Å². The quantitative estimate of drug-likeness (QED) is 0.687. The zero-order valence-electron chi connectivity index (χ0n) is 14.7. The molecule has 0 aliphatic heterocycles. The maximum atomic E-state index is 12.8. The number of aryl methyl sites for hydroxylation is 1. The van der Waals surface area contributed by atoms with Crippen LogP contribution in [0.3, 0.4) is 0 Å². The van der Waals surface area contributed by atoms with Crippen molar-refractivity contribution in [1.29, 1.82) is 0 Å². The Morgan fingerprint density at radius 1 is 1.27 bits per heavy atom. The topological polar surface area (TPSA) is 102 Å². The molecule has 0 spiro atoms. The number of amides is 1. The van der Waals surface area contributed by atoms with Crippen LogP contribution in [0.4, 0.5) is 5.69 Å². The number of para-hydroxylation sites is 2. The molecule has 8 nitrogen and oxygen atoms in total. The van der Waals surface area contributed by atoms with Crippen molar-refractivity contribution < 1.29 is 14.3 Å². The first-order valence-corrected chi connectivity index (χ1v) is 8.14. The smallest absolute Gasteiger partial charge is 0.340 e. The number of nitrogens with zero attached hydrogens (tertiary/aromatic N) is 3. The fraction of sp³-hybridized carbons (Fsp3) is 0.222. The highest BCUT2D eigenvalue weighted by Gasteiger charge is 2.23. The summed E-state index contributed by atoms with van der Waals surface area (Å²) >= 11 is 0. The van der Waals surface area contributed by atoms with Gasteiger partial charge in [-0.15, -0.1) is 0 Å². The average Bonchev–Trinajstić information content (AvgIpc) is 3.24. The monoisotopic (exact) mass is 353 g/mol. The Morgan fingerprint density at radius 3 is 2.73 bits per heavy atom. The van der Waals surface area contributed by atoms with Crippen LogP contribution in [0, 0.1) is 13.8 Å². The van der Waals surface area contributed by atoms with E-state index in [1.54, 1.807) is 37.8 Å². The van der Waals surface area contributed by atoms with E-state index in [0.717, 1.165) is 0 Å². The summed E-state index contributed by atoms with van der Waals surface area (Å²) in [7, 11) is 0. The van der Waals surface area contributed by atoms with Crippen LogP contribution < -0.4 is 5.32 Å². The third kappa shape index (κ3) is 3.21. The SMILES string of the molecule is CCOC(=O)c1c(C)[nH]c(C(=O)Nc2ccccc2-n2cncn2)c1C. The first-order chi connectivity index (χ1) is 12.5. The molecule has 0 radical (unpaired) electrons. The lowest BCUT2D eigenvalue weighted by Gasteiger charge is -2.10. The lowest BCUT2D eigenvalue weighted by Crippen LogP contribution is -2.16. The van der Waals surface area contributed by atoms with Gasteiger partial charge in [0.05, 0.1) is 23.5 Å². The second kappa shape index (κ2) is 7.22. The molecule has 1 amide bonds. The van der Waals surface area contributed by atoms with Crippen molar-refractivity contribution in [2.75, 3.05) is 11.9 Å². The van der Waals surface area contributed by atoms with E-state index in [9.17, 15) is 9.59 Å². The van der Waals surface area contributed by atoms with Gasteiger partial charge in [-0.25, -0.2) is 14.5 Å². The summed E-state index contributed by atoms with van der Waals surface area (Å²) in [5.41, 5.74) is 3.12. The number of rotatable bonds is 5. The number of carbonyl (C=O) groups is 2. The van der Waals surface area contributed by atoms with Gasteiger partial charge >= 0.3 is 5.97 Å². The highest BCUT2D eigenvalue weighted by molar-refractivity contribution is 6.07. The number of carbonyl (C=O) groups excluding carboxylic acids is 2. The number of esters is 1. The number of anilines is 1. The summed E-state index contributed by atoms with van der Waals surface area (Å²) in [6.45, 7) is 5.47. The van der Waals surface area contributed by atoms with Crippen molar-refractivity contribution in [3.63, 3.8) is 0 Å². The summed E-state index contributed by atoms with van der Waals surface area (Å²) < 4.78 is 6.62. The highest BCUT2D eigenvalue weighted by atomic mass is 16.5. The van der Waals surface area contributed by atoms with E-state index in [-0.39, 0.29) is 12.5 Å². The number of hydrogen-bond acceptors (Lipinski definition) is 5. The minimum absolute atomic E-state index is 0.274. The lowest BCUT2D eigenvalue weighted by molar-refractivity contribution is 0.0525. The van der Waals surface area contributed by atoms with Crippen molar-refractivity contribution in [3.8, 4) is 5.69 Å². The molecule has 8 heteroatoms. The minimum atomic E-state index is -0.444. The Bertz CT molecular complexity index is 944. The molecule has 0 aliphatic rings. The second-order valence-electron chi connectivity index (χ2n) is 5.66. The summed E-state index contributed by atoms with van der Waals surface area (Å²) in [6.07, 6.45) is 2.97. The second-order valence-corrected chi connectivity index (χ2v) is 5.66. The van der Waals surface area contributed by atoms with Gasteiger partial charge in [0.2, 0.25) is 0 Å². The molecule has 2 N–H and O–H groups in total. The van der Waals surface area contributed by atoms with Crippen LogP contribution in [0.25, 0.3) is 5.69 Å². The summed E-state index contributed by atoms with van der Waals surface area (Å²) in [6, 6.07) is 7.25. The van der Waals surface area contributed by atoms with Gasteiger partial charge in [-0.05, 0) is 38.5 Å². The zero-order chi connectivity index (χ0) is 18.7. The van der Waals surface area contributed by atoms with E-state index >= 15 is 0 Å². The number of ether oxygens (including phenoxy) is 1. The molecule has 2 heterocycles. The van der Waals surface area contributed by atoms with Gasteiger partial charge in [-0.3, -0.25) is 4.79 Å². The molecule has 1 aromatic carbocycles. The van der Waals surface area contributed by atoms with E-state index in [2.05, 4.69) is 20.4 Å². The van der Waals surface area contributed by atoms with Gasteiger partial charge in [0.1, 0.15) is 18.3 Å². The van der Waals surface area contributed by atoms with Gasteiger partial charge in [0.25, 0.3) is 5.91 Å². The number of H-pyrrole nitrogens is 1. The molecule has 0 fully saturated rings. The molecule has 0 aliphatic carbocycles. The first kappa shape index (κ1) is 17.4. The van der Waals surface area contributed by atoms with Crippen molar-refractivity contribution in [1.82, 2.24) is 19.7 Å². The Labute approximate surface area is 150 Å². The van der Waals surface area contributed by atoms with Crippen LogP contribution in [-0.4, -0.2) is 38.2 Å². The molecule has 0 atom stereocenters. The van der Waals surface area contributed by atoms with Gasteiger partial charge in [-0.2, -0.15) is 5.10 Å². The van der Waals surface area contributed by atoms with E-state index in [1.165, 1.54) is 6.33 Å². The van der Waals surface area contributed by atoms with Crippen molar-refractivity contribution in [3.05, 3.63) is 59.4 Å². The minimum Gasteiger partial charge on any atom is -0.462 e. The van der Waals surface area contributed by atoms with Crippen LogP contribution in [0.5, 0.6) is 0 Å². The van der Waals surface area contributed by atoms with Crippen LogP contribution >= 0.6 is 0 Å². The van der Waals surface area contributed by atoms with Crippen molar-refractivity contribution in [2.24, 2.45) is 0 Å². The summed E-state index contributed by atoms with van der Waals surface area (Å²) in [4.78, 5) is 31.8. The number of nitrogens with one attached hydrogen (secondary N) is 2. The molecule has 0 unspecified atom stereocenters. The van der Waals surface area contributed by atoms with Gasteiger partial charge < -0.3 is 15.0 Å². The predicted octanol–water partition coefficient (Wildman–Crippen LogP) is 2.64. The molecule has 0 saturated carbocycles. The van der Waals surface area contributed by atoms with E-state index in [1.807, 2.05) is 18.2 Å². The molecule has 0 bridgehead atoms. The van der Waals surface area contributed by atoms with E-state index < -0.39 is 5.97 Å². The third-order valence-corrected chi connectivity index (χ3v) is 3.96. The van der Waals surface area contributed by atoms with Gasteiger partial charge in [0.15, 0.2) is 0 Å². The molecular weight excluding hydrogens is 334 g/mol. The van der Waals surface area contributed by atoms with Crippen LogP contribution in [0.2, 0.25) is 0 Å². The number of aromatic amines is 1. The molecular formula is C18H19N5O3. The molecule has 134 valence electrons. The normalized spacial score (nSPS) is 10.6. The number of benzene rings is 1. The first-order valence-electron chi connectivity index (χ1n) is 8.14. The third-order valence-electron chi connectivity index (χ3n) is 3.96. The largest absolute Gasteiger partial charge is 0.462 e. The Morgan fingerprint density at radius 2 is 2.04 bits per heavy atom. The number of hydrogen-bond donors (Lipinski definition) is 2. The zero-order valence-corrected chi connectivity index (χ0v) is 14.7. The molecule has 3 rings (SSSR count). The average molecular weight is 353 g/mol. The molecule has 0 saturated heterocycles. The Balaban J connectivity index is 1.91. The fourth-order valence-corrected chi connectivity index (χ4v) is 2.78. The van der Waals surface area contributed by atoms with Crippen molar-refractivity contribution >= 4 is 17.6 Å². The van der Waals surface area contributed by atoms with Crippen LogP contribution in [0.15, 0.2) is 36.9 Å². The van der Waals surface area contributed by atoms with E-state index in [4.69, 9.17) is 4.74 Å². The van der Waals surface area contributed by atoms with Gasteiger partial charge in [0, 0.05) is 5.69 Å². The lowest BCUT2D eigenvalue weighted by atomic mass is 10.1.